The van der Waals surface area contributed by atoms with E-state index in [1.54, 1.807) is 6.07 Å². The summed E-state index contributed by atoms with van der Waals surface area (Å²) < 4.78 is 12.9. The smallest absolute Gasteiger partial charge is 0.141 e. The lowest BCUT2D eigenvalue weighted by molar-refractivity contribution is 0.624. The summed E-state index contributed by atoms with van der Waals surface area (Å²) in [5.74, 6) is -0.529. The van der Waals surface area contributed by atoms with Crippen molar-refractivity contribution in [2.24, 2.45) is 0 Å². The summed E-state index contributed by atoms with van der Waals surface area (Å²) in [6.45, 7) is 0.493. The van der Waals surface area contributed by atoms with Crippen LogP contribution in [0.1, 0.15) is 12.0 Å². The molecule has 0 bridgehead atoms. The van der Waals surface area contributed by atoms with Gasteiger partial charge in [-0.15, -0.1) is 0 Å². The lowest BCUT2D eigenvalue weighted by atomic mass is 10.2. The first-order valence-electron chi connectivity index (χ1n) is 4.08. The highest BCUT2D eigenvalue weighted by molar-refractivity contribution is 5.49. The van der Waals surface area contributed by atoms with Gasteiger partial charge >= 0.3 is 0 Å². The predicted molar refractivity (Wildman–Crippen MR) is 49.8 cm³/mol. The van der Waals surface area contributed by atoms with Crippen LogP contribution in [0.4, 0.5) is 10.1 Å². The van der Waals surface area contributed by atoms with E-state index in [1.165, 1.54) is 18.2 Å². The van der Waals surface area contributed by atoms with Crippen LogP contribution in [0.2, 0.25) is 0 Å². The fourth-order valence-electron chi connectivity index (χ4n) is 0.984. The zero-order chi connectivity index (χ0) is 10.4. The lowest BCUT2D eigenvalue weighted by Gasteiger charge is -2.03. The molecule has 0 spiro atoms. The van der Waals surface area contributed by atoms with Gasteiger partial charge in [0, 0.05) is 12.2 Å². The van der Waals surface area contributed by atoms with Crippen LogP contribution in [0.15, 0.2) is 18.2 Å². The van der Waals surface area contributed by atoms with Crippen LogP contribution in [0.3, 0.4) is 0 Å². The highest BCUT2D eigenvalue weighted by Gasteiger charge is 2.01. The van der Waals surface area contributed by atoms with Gasteiger partial charge in [0.25, 0.3) is 0 Å². The van der Waals surface area contributed by atoms with Gasteiger partial charge in [0.15, 0.2) is 0 Å². The van der Waals surface area contributed by atoms with E-state index in [1.807, 2.05) is 6.07 Å². The normalized spacial score (nSPS) is 8.79. The van der Waals surface area contributed by atoms with E-state index in [2.05, 4.69) is 5.32 Å². The molecule has 0 aromatic heterocycles. The summed E-state index contributed by atoms with van der Waals surface area (Å²) in [6, 6.07) is 7.91. The van der Waals surface area contributed by atoms with E-state index in [0.29, 0.717) is 18.7 Å². The maximum absolute atomic E-state index is 12.9. The molecule has 3 nitrogen and oxygen atoms in total. The Labute approximate surface area is 81.4 Å². The van der Waals surface area contributed by atoms with Gasteiger partial charge in [-0.05, 0) is 18.2 Å². The Morgan fingerprint density at radius 1 is 1.36 bits per heavy atom. The van der Waals surface area contributed by atoms with Gasteiger partial charge in [-0.1, -0.05) is 0 Å². The Kier molecular flexibility index (Phi) is 3.46. The van der Waals surface area contributed by atoms with Crippen LogP contribution in [-0.4, -0.2) is 6.54 Å². The number of nitrogens with one attached hydrogen (secondary N) is 1. The van der Waals surface area contributed by atoms with E-state index in [0.717, 1.165) is 0 Å². The molecular formula is C10H8FN3. The van der Waals surface area contributed by atoms with E-state index in [4.69, 9.17) is 10.5 Å². The molecule has 14 heavy (non-hydrogen) atoms. The van der Waals surface area contributed by atoms with Gasteiger partial charge in [0.2, 0.25) is 0 Å². The van der Waals surface area contributed by atoms with Crippen molar-refractivity contribution >= 4 is 5.69 Å². The second kappa shape index (κ2) is 4.84. The summed E-state index contributed by atoms with van der Waals surface area (Å²) in [7, 11) is 0. The molecule has 1 aromatic carbocycles. The molecular weight excluding hydrogens is 181 g/mol. The summed E-state index contributed by atoms with van der Waals surface area (Å²) in [4.78, 5) is 0. The first-order chi connectivity index (χ1) is 6.77. The highest BCUT2D eigenvalue weighted by atomic mass is 19.1. The third kappa shape index (κ3) is 2.46. The number of anilines is 1. The van der Waals surface area contributed by atoms with Crippen molar-refractivity contribution in [2.45, 2.75) is 6.42 Å². The van der Waals surface area contributed by atoms with Crippen LogP contribution in [0.5, 0.6) is 0 Å². The number of hydrogen-bond acceptors (Lipinski definition) is 3. The number of nitrogens with zero attached hydrogens (tertiary/aromatic N) is 2. The number of nitriles is 2. The first-order valence-corrected chi connectivity index (χ1v) is 4.08. The SMILES string of the molecule is N#CCCNc1ccc(F)c(C#N)c1. The topological polar surface area (TPSA) is 59.6 Å². The number of halogens is 1. The quantitative estimate of drug-likeness (QED) is 0.740. The lowest BCUT2D eigenvalue weighted by Crippen LogP contribution is -2.00. The second-order valence-corrected chi connectivity index (χ2v) is 2.64. The number of hydrogen-bond donors (Lipinski definition) is 1. The Morgan fingerprint density at radius 3 is 2.79 bits per heavy atom. The number of rotatable bonds is 3. The minimum absolute atomic E-state index is 0.00644. The van der Waals surface area contributed by atoms with Crippen LogP contribution in [0, 0.1) is 28.5 Å². The van der Waals surface area contributed by atoms with Gasteiger partial charge in [-0.2, -0.15) is 10.5 Å². The molecule has 1 rings (SSSR count). The van der Waals surface area contributed by atoms with E-state index >= 15 is 0 Å². The van der Waals surface area contributed by atoms with Crippen LogP contribution in [-0.2, 0) is 0 Å². The largest absolute Gasteiger partial charge is 0.384 e. The fourth-order valence-corrected chi connectivity index (χ4v) is 0.984. The minimum atomic E-state index is -0.529. The van der Waals surface area contributed by atoms with Crippen molar-refractivity contribution in [1.29, 1.82) is 10.5 Å². The summed E-state index contributed by atoms with van der Waals surface area (Å²) in [5.41, 5.74) is 0.658. The molecule has 1 aromatic rings. The third-order valence-electron chi connectivity index (χ3n) is 1.65. The third-order valence-corrected chi connectivity index (χ3v) is 1.65. The van der Waals surface area contributed by atoms with Crippen molar-refractivity contribution in [1.82, 2.24) is 0 Å². The molecule has 0 amide bonds. The zero-order valence-corrected chi connectivity index (χ0v) is 7.42. The molecule has 4 heteroatoms. The molecule has 0 saturated heterocycles. The number of benzene rings is 1. The summed E-state index contributed by atoms with van der Waals surface area (Å²) in [5, 5.41) is 19.7. The van der Waals surface area contributed by atoms with Crippen molar-refractivity contribution in [3.05, 3.63) is 29.6 Å². The highest BCUT2D eigenvalue weighted by Crippen LogP contribution is 2.13. The Morgan fingerprint density at radius 2 is 2.14 bits per heavy atom. The van der Waals surface area contributed by atoms with Crippen molar-refractivity contribution in [2.75, 3.05) is 11.9 Å². The average molecular weight is 189 g/mol. The van der Waals surface area contributed by atoms with Crippen molar-refractivity contribution in [3.63, 3.8) is 0 Å². The molecule has 0 heterocycles. The van der Waals surface area contributed by atoms with Gasteiger partial charge in [0.05, 0.1) is 18.1 Å². The molecule has 1 N–H and O–H groups in total. The van der Waals surface area contributed by atoms with Crippen molar-refractivity contribution < 1.29 is 4.39 Å². The van der Waals surface area contributed by atoms with Gasteiger partial charge in [-0.25, -0.2) is 4.39 Å². The average Bonchev–Trinajstić information content (AvgIpc) is 2.21. The second-order valence-electron chi connectivity index (χ2n) is 2.64. The van der Waals surface area contributed by atoms with Gasteiger partial charge < -0.3 is 5.32 Å². The molecule has 0 fully saturated rings. The fraction of sp³-hybridized carbons (Fsp3) is 0.200. The van der Waals surface area contributed by atoms with Crippen LogP contribution >= 0.6 is 0 Å². The molecule has 0 aliphatic carbocycles. The minimum Gasteiger partial charge on any atom is -0.384 e. The van der Waals surface area contributed by atoms with E-state index < -0.39 is 5.82 Å². The molecule has 0 aliphatic rings. The maximum Gasteiger partial charge on any atom is 0.141 e. The van der Waals surface area contributed by atoms with Gasteiger partial charge in [-0.3, -0.25) is 0 Å². The molecule has 0 unspecified atom stereocenters. The zero-order valence-electron chi connectivity index (χ0n) is 7.42. The van der Waals surface area contributed by atoms with Crippen LogP contribution < -0.4 is 5.32 Å². The molecule has 0 saturated carbocycles. The molecule has 0 aliphatic heterocycles. The van der Waals surface area contributed by atoms with Gasteiger partial charge in [0.1, 0.15) is 11.9 Å². The molecule has 0 atom stereocenters. The van der Waals surface area contributed by atoms with E-state index in [9.17, 15) is 4.39 Å². The summed E-state index contributed by atoms with van der Waals surface area (Å²) >= 11 is 0. The first kappa shape index (κ1) is 10.0. The Bertz CT molecular complexity index is 401. The standard InChI is InChI=1S/C10H8FN3/c11-10-3-2-9(6-8(10)7-13)14-5-1-4-12/h2-3,6,14H,1,5H2. The van der Waals surface area contributed by atoms with Crippen molar-refractivity contribution in [3.8, 4) is 12.1 Å². The van der Waals surface area contributed by atoms with Crippen LogP contribution in [0.25, 0.3) is 0 Å². The molecule has 70 valence electrons. The monoisotopic (exact) mass is 189 g/mol. The Hall–Kier alpha value is -2.07. The predicted octanol–water partition coefficient (Wildman–Crippen LogP) is 2.02. The maximum atomic E-state index is 12.9. The summed E-state index contributed by atoms with van der Waals surface area (Å²) in [6.07, 6.45) is 0.374. The van der Waals surface area contributed by atoms with E-state index in [-0.39, 0.29) is 5.56 Å². The Balaban J connectivity index is 2.72. The molecule has 0 radical (unpaired) electrons.